The molecule has 0 fully saturated rings. The van der Waals surface area contributed by atoms with Crippen LogP contribution in [0.4, 0.5) is 17.6 Å². The van der Waals surface area contributed by atoms with Gasteiger partial charge in [-0.2, -0.15) is 0 Å². The SMILES string of the molecule is COCOc1c(F)cc(Br)cc1F.Oc1c(F)cc(Br)cc1F. The first-order valence-electron chi connectivity index (χ1n) is 5.86. The monoisotopic (exact) mass is 460 g/mol. The van der Waals surface area contributed by atoms with Crippen molar-refractivity contribution in [2.24, 2.45) is 0 Å². The van der Waals surface area contributed by atoms with Crippen LogP contribution < -0.4 is 4.74 Å². The van der Waals surface area contributed by atoms with Crippen LogP contribution in [0.5, 0.6) is 11.5 Å². The standard InChI is InChI=1S/C8H7BrF2O2.C6H3BrF2O/c1-12-4-13-8-6(10)2-5(9)3-7(8)11;7-3-1-4(8)6(10)5(9)2-3/h2-3H,4H2,1H3;1-2,10H. The van der Waals surface area contributed by atoms with Crippen molar-refractivity contribution < 1.29 is 32.1 Å². The summed E-state index contributed by atoms with van der Waals surface area (Å²) in [5.74, 6) is -4.82. The highest BCUT2D eigenvalue weighted by Crippen LogP contribution is 2.26. The van der Waals surface area contributed by atoms with Crippen molar-refractivity contribution >= 4 is 31.9 Å². The minimum atomic E-state index is -0.966. The van der Waals surface area contributed by atoms with Crippen LogP contribution in [0.2, 0.25) is 0 Å². The third-order valence-electron chi connectivity index (χ3n) is 2.27. The van der Waals surface area contributed by atoms with Crippen LogP contribution in [0.3, 0.4) is 0 Å². The van der Waals surface area contributed by atoms with Gasteiger partial charge in [0.1, 0.15) is 0 Å². The van der Waals surface area contributed by atoms with Crippen LogP contribution in [0.15, 0.2) is 33.2 Å². The van der Waals surface area contributed by atoms with Gasteiger partial charge in [0.15, 0.2) is 41.6 Å². The Morgan fingerprint density at radius 1 is 0.870 bits per heavy atom. The summed E-state index contributed by atoms with van der Waals surface area (Å²) in [6, 6.07) is 4.21. The lowest BCUT2D eigenvalue weighted by Crippen LogP contribution is -2.02. The first-order valence-corrected chi connectivity index (χ1v) is 7.44. The van der Waals surface area contributed by atoms with Gasteiger partial charge in [0, 0.05) is 16.1 Å². The van der Waals surface area contributed by atoms with Gasteiger partial charge in [0.05, 0.1) is 0 Å². The zero-order valence-electron chi connectivity index (χ0n) is 11.5. The van der Waals surface area contributed by atoms with Gasteiger partial charge in [-0.05, 0) is 24.3 Å². The van der Waals surface area contributed by atoms with Gasteiger partial charge >= 0.3 is 0 Å². The fourth-order valence-corrected chi connectivity index (χ4v) is 2.12. The molecule has 0 saturated heterocycles. The molecule has 0 saturated carbocycles. The van der Waals surface area contributed by atoms with Crippen LogP contribution in [0.25, 0.3) is 0 Å². The molecule has 9 heteroatoms. The molecule has 2 aromatic carbocycles. The Bertz CT molecular complexity index is 637. The Kier molecular flexibility index (Phi) is 7.80. The van der Waals surface area contributed by atoms with E-state index in [1.54, 1.807) is 0 Å². The van der Waals surface area contributed by atoms with Gasteiger partial charge in [-0.1, -0.05) is 31.9 Å². The number of ether oxygens (including phenoxy) is 2. The molecule has 0 radical (unpaired) electrons. The lowest BCUT2D eigenvalue weighted by Gasteiger charge is -2.06. The predicted octanol–water partition coefficient (Wildman–Crippen LogP) is 5.14. The molecule has 2 rings (SSSR count). The smallest absolute Gasteiger partial charge is 0.193 e. The molecule has 0 aliphatic rings. The number of hydrogen-bond acceptors (Lipinski definition) is 3. The van der Waals surface area contributed by atoms with Crippen LogP contribution >= 0.6 is 31.9 Å². The molecule has 0 atom stereocenters. The zero-order valence-corrected chi connectivity index (χ0v) is 14.7. The van der Waals surface area contributed by atoms with E-state index in [4.69, 9.17) is 5.11 Å². The van der Waals surface area contributed by atoms with Crippen LogP contribution in [-0.4, -0.2) is 19.0 Å². The number of aromatic hydroxyl groups is 1. The number of phenolic OH excluding ortho intramolecular Hbond substituents is 1. The number of methoxy groups -OCH3 is 1. The molecule has 0 aliphatic carbocycles. The molecule has 0 spiro atoms. The minimum absolute atomic E-state index is 0.185. The van der Waals surface area contributed by atoms with Crippen molar-refractivity contribution in [3.8, 4) is 11.5 Å². The lowest BCUT2D eigenvalue weighted by molar-refractivity contribution is 0.0452. The number of halogens is 6. The molecule has 126 valence electrons. The number of hydrogen-bond donors (Lipinski definition) is 1. The molecule has 0 amide bonds. The third kappa shape index (κ3) is 6.00. The van der Waals surface area contributed by atoms with E-state index in [0.29, 0.717) is 4.47 Å². The summed E-state index contributed by atoms with van der Waals surface area (Å²) in [6.07, 6.45) is 0. The van der Waals surface area contributed by atoms with Gasteiger partial charge < -0.3 is 14.6 Å². The Hall–Kier alpha value is -1.32. The van der Waals surface area contributed by atoms with Gasteiger partial charge in [-0.15, -0.1) is 0 Å². The molecule has 3 nitrogen and oxygen atoms in total. The average Bonchev–Trinajstić information content (AvgIpc) is 2.44. The number of phenols is 1. The van der Waals surface area contributed by atoms with E-state index in [1.165, 1.54) is 7.11 Å². The molecule has 0 aromatic heterocycles. The van der Waals surface area contributed by atoms with Crippen molar-refractivity contribution in [2.45, 2.75) is 0 Å². The lowest BCUT2D eigenvalue weighted by atomic mass is 10.3. The minimum Gasteiger partial charge on any atom is -0.503 e. The highest BCUT2D eigenvalue weighted by atomic mass is 79.9. The molecule has 1 N–H and O–H groups in total. The summed E-state index contributed by atoms with van der Waals surface area (Å²) < 4.78 is 60.4. The first kappa shape index (κ1) is 19.7. The highest BCUT2D eigenvalue weighted by molar-refractivity contribution is 9.10. The number of rotatable bonds is 3. The van der Waals surface area contributed by atoms with Crippen molar-refractivity contribution in [3.63, 3.8) is 0 Å². The highest BCUT2D eigenvalue weighted by Gasteiger charge is 2.11. The van der Waals surface area contributed by atoms with Gasteiger partial charge in [0.25, 0.3) is 0 Å². The summed E-state index contributed by atoms with van der Waals surface area (Å²) in [5.41, 5.74) is 0. The first-order chi connectivity index (χ1) is 10.8. The fraction of sp³-hybridized carbons (Fsp3) is 0.143. The van der Waals surface area contributed by atoms with Crippen LogP contribution in [0.1, 0.15) is 0 Å². The van der Waals surface area contributed by atoms with Crippen LogP contribution in [-0.2, 0) is 4.74 Å². The van der Waals surface area contributed by atoms with E-state index < -0.39 is 34.8 Å². The Balaban J connectivity index is 0.000000238. The Morgan fingerprint density at radius 2 is 1.26 bits per heavy atom. The summed E-state index contributed by atoms with van der Waals surface area (Å²) >= 11 is 5.80. The van der Waals surface area contributed by atoms with Crippen molar-refractivity contribution in [2.75, 3.05) is 13.9 Å². The van der Waals surface area contributed by atoms with Crippen molar-refractivity contribution in [1.29, 1.82) is 0 Å². The Morgan fingerprint density at radius 3 is 1.65 bits per heavy atom. The second kappa shape index (κ2) is 9.09. The second-order valence-corrected chi connectivity index (χ2v) is 5.80. The summed E-state index contributed by atoms with van der Waals surface area (Å²) in [6.45, 7) is -0.185. The maximum Gasteiger partial charge on any atom is 0.193 e. The summed E-state index contributed by atoms with van der Waals surface area (Å²) in [5, 5.41) is 8.56. The summed E-state index contributed by atoms with van der Waals surface area (Å²) in [7, 11) is 1.37. The van der Waals surface area contributed by atoms with Gasteiger partial charge in [-0.25, -0.2) is 17.6 Å². The summed E-state index contributed by atoms with van der Waals surface area (Å²) in [4.78, 5) is 0. The molecule has 0 aliphatic heterocycles. The van der Waals surface area contributed by atoms with E-state index in [1.807, 2.05) is 0 Å². The van der Waals surface area contributed by atoms with Gasteiger partial charge in [0.2, 0.25) is 0 Å². The molecule has 2 aromatic rings. The van der Waals surface area contributed by atoms with Crippen molar-refractivity contribution in [3.05, 3.63) is 56.5 Å². The third-order valence-corrected chi connectivity index (χ3v) is 3.18. The topological polar surface area (TPSA) is 38.7 Å². The number of benzene rings is 2. The van der Waals surface area contributed by atoms with Crippen molar-refractivity contribution in [1.82, 2.24) is 0 Å². The maximum atomic E-state index is 13.0. The molecular formula is C14H10Br2F4O3. The zero-order chi connectivity index (χ0) is 17.6. The van der Waals surface area contributed by atoms with E-state index in [9.17, 15) is 17.6 Å². The van der Waals surface area contributed by atoms with E-state index in [0.717, 1.165) is 24.3 Å². The molecule has 0 unspecified atom stereocenters. The largest absolute Gasteiger partial charge is 0.503 e. The molecule has 23 heavy (non-hydrogen) atoms. The molecular weight excluding hydrogens is 452 g/mol. The quantitative estimate of drug-likeness (QED) is 0.508. The Labute approximate surface area is 146 Å². The second-order valence-electron chi connectivity index (χ2n) is 3.97. The molecule has 0 heterocycles. The predicted molar refractivity (Wildman–Crippen MR) is 82.3 cm³/mol. The molecule has 0 bridgehead atoms. The van der Waals surface area contributed by atoms with E-state index in [2.05, 4.69) is 41.3 Å². The van der Waals surface area contributed by atoms with Gasteiger partial charge in [-0.3, -0.25) is 0 Å². The maximum absolute atomic E-state index is 13.0. The fourth-order valence-electron chi connectivity index (χ4n) is 1.32. The average molecular weight is 462 g/mol. The van der Waals surface area contributed by atoms with Crippen LogP contribution in [0, 0.1) is 23.3 Å². The normalized spacial score (nSPS) is 10.0. The van der Waals surface area contributed by atoms with E-state index >= 15 is 0 Å². The van der Waals surface area contributed by atoms with E-state index in [-0.39, 0.29) is 11.3 Å².